The molecule has 1 unspecified atom stereocenters. The fourth-order valence-corrected chi connectivity index (χ4v) is 3.90. The zero-order chi connectivity index (χ0) is 18.6. The number of aromatic nitrogens is 1. The number of hydrogen-bond acceptors (Lipinski definition) is 5. The largest absolute Gasteiger partial charge is 0.588 e. The number of ether oxygens (including phenoxy) is 1. The topological polar surface area (TPSA) is 77.5 Å². The lowest BCUT2D eigenvalue weighted by molar-refractivity contribution is 0.216. The van der Waals surface area contributed by atoms with Gasteiger partial charge in [0.05, 0.1) is 11.9 Å². The standard InChI is InChI=1S/C19H25N3O3S/c1-15(2)7-9-22-10-11-25-19-12-18(6-5-16(19)14-22)26(23,24)21-17-4-3-8-20-13-17/h3-6,8,12-13,15H,7,9-11,14H2,1-2H3,(H-,21,23,24). The molecule has 0 saturated carbocycles. The summed E-state index contributed by atoms with van der Waals surface area (Å²) in [5.74, 6) is 1.30. The molecule has 1 aliphatic rings. The van der Waals surface area contributed by atoms with Crippen LogP contribution in [-0.2, 0) is 21.2 Å². The fourth-order valence-electron chi connectivity index (χ4n) is 2.84. The Bertz CT molecular complexity index is 783. The van der Waals surface area contributed by atoms with Crippen LogP contribution in [0.5, 0.6) is 5.75 Å². The second kappa shape index (κ2) is 8.16. The maximum atomic E-state index is 12.6. The van der Waals surface area contributed by atoms with E-state index in [2.05, 4.69) is 28.5 Å². The molecule has 2 aromatic rings. The van der Waals surface area contributed by atoms with Gasteiger partial charge in [0.1, 0.15) is 12.4 Å². The summed E-state index contributed by atoms with van der Waals surface area (Å²) in [7, 11) is -3.68. The molecule has 26 heavy (non-hydrogen) atoms. The van der Waals surface area contributed by atoms with Crippen LogP contribution in [0.4, 0.5) is 5.69 Å². The first-order valence-electron chi connectivity index (χ1n) is 8.85. The van der Waals surface area contributed by atoms with Crippen LogP contribution in [0.2, 0.25) is 0 Å². The molecule has 0 spiro atoms. The lowest BCUT2D eigenvalue weighted by Gasteiger charge is -2.20. The normalized spacial score (nSPS) is 17.1. The second-order valence-electron chi connectivity index (χ2n) is 6.92. The Kier molecular flexibility index (Phi) is 5.90. The predicted octanol–water partition coefficient (Wildman–Crippen LogP) is 3.34. The van der Waals surface area contributed by atoms with Gasteiger partial charge in [0, 0.05) is 30.9 Å². The van der Waals surface area contributed by atoms with E-state index in [9.17, 15) is 8.76 Å². The summed E-state index contributed by atoms with van der Waals surface area (Å²) in [6, 6.07) is 8.44. The molecule has 1 aromatic carbocycles. The van der Waals surface area contributed by atoms with Crippen LogP contribution in [0, 0.1) is 5.92 Å². The second-order valence-corrected chi connectivity index (χ2v) is 8.61. The van der Waals surface area contributed by atoms with E-state index in [0.29, 0.717) is 24.0 Å². The van der Waals surface area contributed by atoms with Crippen LogP contribution in [0.15, 0.2) is 47.6 Å². The summed E-state index contributed by atoms with van der Waals surface area (Å²) in [6.07, 6.45) is 4.21. The molecule has 2 heterocycles. The van der Waals surface area contributed by atoms with E-state index in [0.717, 1.165) is 31.6 Å². The van der Waals surface area contributed by atoms with Crippen molar-refractivity contribution in [3.63, 3.8) is 0 Å². The molecule has 0 bridgehead atoms. The highest BCUT2D eigenvalue weighted by molar-refractivity contribution is 7.98. The van der Waals surface area contributed by atoms with Crippen molar-refractivity contribution in [1.29, 1.82) is 0 Å². The lowest BCUT2D eigenvalue weighted by atomic mass is 10.1. The molecule has 1 N–H and O–H groups in total. The van der Waals surface area contributed by atoms with Crippen LogP contribution in [0.3, 0.4) is 0 Å². The SMILES string of the molecule is CC(C)CCN1CCOc2cc([S+](=O)([O-])Nc3cccnc3)ccc2C1. The predicted molar refractivity (Wildman–Crippen MR) is 102 cm³/mol. The first-order valence-corrected chi connectivity index (χ1v) is 10.3. The zero-order valence-electron chi connectivity index (χ0n) is 15.2. The smallest absolute Gasteiger partial charge is 0.184 e. The summed E-state index contributed by atoms with van der Waals surface area (Å²) in [6.45, 7) is 7.63. The van der Waals surface area contributed by atoms with Crippen LogP contribution in [0.1, 0.15) is 25.8 Å². The van der Waals surface area contributed by atoms with Gasteiger partial charge >= 0.3 is 0 Å². The van der Waals surface area contributed by atoms with Gasteiger partial charge in [-0.1, -0.05) is 18.1 Å². The number of hydrogen-bond donors (Lipinski definition) is 1. The summed E-state index contributed by atoms with van der Waals surface area (Å²) in [5.41, 5.74) is 1.45. The Hall–Kier alpha value is -1.96. The third-order valence-corrected chi connectivity index (χ3v) is 5.72. The van der Waals surface area contributed by atoms with Crippen LogP contribution in [-0.4, -0.2) is 34.1 Å². The maximum Gasteiger partial charge on any atom is 0.184 e. The summed E-state index contributed by atoms with van der Waals surface area (Å²) in [4.78, 5) is 6.47. The molecule has 3 rings (SSSR count). The van der Waals surface area contributed by atoms with Gasteiger partial charge < -0.3 is 9.29 Å². The van der Waals surface area contributed by atoms with E-state index in [4.69, 9.17) is 4.74 Å². The summed E-state index contributed by atoms with van der Waals surface area (Å²) in [5, 5.41) is 0. The molecule has 6 nitrogen and oxygen atoms in total. The molecule has 0 aliphatic carbocycles. The molecular formula is C19H25N3O3S. The maximum absolute atomic E-state index is 12.6. The highest BCUT2D eigenvalue weighted by atomic mass is 32.3. The first-order chi connectivity index (χ1) is 12.4. The van der Waals surface area contributed by atoms with Gasteiger partial charge in [-0.2, -0.15) is 0 Å². The van der Waals surface area contributed by atoms with Gasteiger partial charge in [-0.15, -0.1) is 0 Å². The van der Waals surface area contributed by atoms with Crippen molar-refractivity contribution < 1.29 is 13.5 Å². The number of pyridine rings is 1. The van der Waals surface area contributed by atoms with E-state index in [-0.39, 0.29) is 4.90 Å². The van der Waals surface area contributed by atoms with Crippen molar-refractivity contribution in [2.45, 2.75) is 31.7 Å². The van der Waals surface area contributed by atoms with Gasteiger partial charge in [-0.05, 0) is 43.1 Å². The monoisotopic (exact) mass is 375 g/mol. The minimum atomic E-state index is -3.68. The number of benzene rings is 1. The molecule has 140 valence electrons. The van der Waals surface area contributed by atoms with Crippen molar-refractivity contribution >= 4 is 16.1 Å². The molecular weight excluding hydrogens is 350 g/mol. The third kappa shape index (κ3) is 4.81. The molecule has 1 atom stereocenters. The van der Waals surface area contributed by atoms with Gasteiger partial charge in [-0.3, -0.25) is 9.88 Å². The van der Waals surface area contributed by atoms with Gasteiger partial charge in [0.15, 0.2) is 15.3 Å². The van der Waals surface area contributed by atoms with Crippen molar-refractivity contribution in [2.75, 3.05) is 24.4 Å². The molecule has 0 amide bonds. The number of nitrogens with one attached hydrogen (secondary N) is 1. The van der Waals surface area contributed by atoms with Crippen molar-refractivity contribution in [2.24, 2.45) is 5.92 Å². The number of nitrogens with zero attached hydrogens (tertiary/aromatic N) is 2. The fraction of sp³-hybridized carbons (Fsp3) is 0.421. The Morgan fingerprint density at radius 3 is 2.96 bits per heavy atom. The van der Waals surface area contributed by atoms with E-state index < -0.39 is 10.4 Å². The summed E-state index contributed by atoms with van der Waals surface area (Å²) >= 11 is 0. The average molecular weight is 375 g/mol. The van der Waals surface area contributed by atoms with Crippen LogP contribution < -0.4 is 9.46 Å². The lowest BCUT2D eigenvalue weighted by Crippen LogP contribution is -2.27. The minimum Gasteiger partial charge on any atom is -0.588 e. The van der Waals surface area contributed by atoms with Crippen molar-refractivity contribution in [3.05, 3.63) is 48.3 Å². The number of fused-ring (bicyclic) bond motifs is 1. The molecule has 1 aliphatic heterocycles. The third-order valence-electron chi connectivity index (χ3n) is 4.34. The molecule has 0 saturated heterocycles. The average Bonchev–Trinajstić information content (AvgIpc) is 2.81. The Labute approximate surface area is 156 Å². The van der Waals surface area contributed by atoms with Gasteiger partial charge in [0.25, 0.3) is 0 Å². The van der Waals surface area contributed by atoms with Crippen LogP contribution in [0.25, 0.3) is 0 Å². The molecule has 0 fully saturated rings. The van der Waals surface area contributed by atoms with Gasteiger partial charge in [-0.25, -0.2) is 4.72 Å². The quantitative estimate of drug-likeness (QED) is 0.784. The first kappa shape index (κ1) is 18.8. The number of rotatable bonds is 6. The highest BCUT2D eigenvalue weighted by Crippen LogP contribution is 2.29. The Morgan fingerprint density at radius 1 is 1.38 bits per heavy atom. The number of sulfonamides is 1. The summed E-state index contributed by atoms with van der Waals surface area (Å²) < 4.78 is 33.6. The van der Waals surface area contributed by atoms with E-state index in [1.54, 1.807) is 30.5 Å². The molecule has 7 heteroatoms. The van der Waals surface area contributed by atoms with Crippen LogP contribution >= 0.6 is 0 Å². The van der Waals surface area contributed by atoms with E-state index in [1.165, 1.54) is 6.20 Å². The Balaban J connectivity index is 1.76. The Morgan fingerprint density at radius 2 is 2.23 bits per heavy atom. The minimum absolute atomic E-state index is 0.190. The van der Waals surface area contributed by atoms with Gasteiger partial charge in [0.2, 0.25) is 0 Å². The zero-order valence-corrected chi connectivity index (χ0v) is 16.0. The molecule has 1 aromatic heterocycles. The van der Waals surface area contributed by atoms with Crippen molar-refractivity contribution in [1.82, 2.24) is 9.88 Å². The van der Waals surface area contributed by atoms with E-state index in [1.807, 2.05) is 6.07 Å². The highest BCUT2D eigenvalue weighted by Gasteiger charge is 2.24. The van der Waals surface area contributed by atoms with E-state index >= 15 is 0 Å². The number of anilines is 1. The van der Waals surface area contributed by atoms with Crippen molar-refractivity contribution in [3.8, 4) is 5.75 Å². The molecule has 0 radical (unpaired) electrons.